The van der Waals surface area contributed by atoms with E-state index in [0.29, 0.717) is 28.6 Å². The van der Waals surface area contributed by atoms with E-state index >= 15 is 0 Å². The van der Waals surface area contributed by atoms with Crippen LogP contribution in [0.2, 0.25) is 5.02 Å². The van der Waals surface area contributed by atoms with Crippen LogP contribution in [0.25, 0.3) is 0 Å². The molecule has 0 saturated carbocycles. The molecule has 1 aromatic heterocycles. The van der Waals surface area contributed by atoms with Crippen molar-refractivity contribution >= 4 is 67.9 Å². The number of sulfonamides is 1. The molecule has 1 amide bonds. The van der Waals surface area contributed by atoms with Gasteiger partial charge in [-0.15, -0.1) is 23.7 Å². The molecule has 0 unspecified atom stereocenters. The molecule has 0 spiro atoms. The quantitative estimate of drug-likeness (QED) is 0.224. The molecular formula is C29H27Cl2N3O5S2. The second-order valence-corrected chi connectivity index (χ2v) is 12.4. The number of esters is 1. The number of fused-ring (bicyclic) bond motifs is 1. The number of carbonyl (C=O) groups excluding carboxylic acids is 2. The van der Waals surface area contributed by atoms with Gasteiger partial charge >= 0.3 is 5.97 Å². The van der Waals surface area contributed by atoms with Crippen LogP contribution in [0.1, 0.15) is 36.7 Å². The first-order valence-corrected chi connectivity index (χ1v) is 15.1. The number of hydrogen-bond donors (Lipinski definition) is 2. The molecule has 4 aromatic rings. The second-order valence-electron chi connectivity index (χ2n) is 9.20. The van der Waals surface area contributed by atoms with Gasteiger partial charge in [0.05, 0.1) is 28.8 Å². The van der Waals surface area contributed by atoms with Crippen LogP contribution in [0.5, 0.6) is 0 Å². The molecule has 0 radical (unpaired) electrons. The van der Waals surface area contributed by atoms with Crippen molar-refractivity contribution in [3.05, 3.63) is 111 Å². The van der Waals surface area contributed by atoms with Crippen molar-refractivity contribution in [1.82, 2.24) is 4.90 Å². The van der Waals surface area contributed by atoms with Crippen LogP contribution >= 0.6 is 35.3 Å². The first kappa shape index (κ1) is 30.5. The average Bonchev–Trinajstić information content (AvgIpc) is 3.30. The summed E-state index contributed by atoms with van der Waals surface area (Å²) < 4.78 is 33.5. The molecular weight excluding hydrogens is 605 g/mol. The summed E-state index contributed by atoms with van der Waals surface area (Å²) >= 11 is 7.23. The fourth-order valence-corrected chi connectivity index (χ4v) is 7.08. The van der Waals surface area contributed by atoms with Crippen LogP contribution in [-0.4, -0.2) is 38.8 Å². The van der Waals surface area contributed by atoms with E-state index in [4.69, 9.17) is 16.3 Å². The van der Waals surface area contributed by atoms with Gasteiger partial charge in [-0.05, 0) is 53.9 Å². The molecule has 1 aliphatic heterocycles. The molecule has 0 bridgehead atoms. The number of amides is 1. The largest absolute Gasteiger partial charge is 0.465 e. The third-order valence-electron chi connectivity index (χ3n) is 6.54. The number of nitrogens with zero attached hydrogens (tertiary/aromatic N) is 1. The molecule has 3 aromatic carbocycles. The third kappa shape index (κ3) is 6.91. The van der Waals surface area contributed by atoms with E-state index in [1.165, 1.54) is 60.4 Å². The van der Waals surface area contributed by atoms with Crippen molar-refractivity contribution in [2.24, 2.45) is 0 Å². The van der Waals surface area contributed by atoms with Gasteiger partial charge in [-0.2, -0.15) is 0 Å². The minimum atomic E-state index is -3.98. The van der Waals surface area contributed by atoms with E-state index in [0.717, 1.165) is 23.5 Å². The minimum absolute atomic E-state index is 0. The number of benzene rings is 3. The van der Waals surface area contributed by atoms with Crippen LogP contribution < -0.4 is 10.0 Å². The highest BCUT2D eigenvalue weighted by Gasteiger charge is 2.30. The molecule has 1 aliphatic rings. The third-order valence-corrected chi connectivity index (χ3v) is 9.31. The van der Waals surface area contributed by atoms with E-state index in [1.807, 2.05) is 18.2 Å². The number of nitrogens with one attached hydrogen (secondary N) is 2. The lowest BCUT2D eigenvalue weighted by Crippen LogP contribution is -2.29. The molecule has 12 heteroatoms. The summed E-state index contributed by atoms with van der Waals surface area (Å²) in [5.74, 6) is -1.08. The van der Waals surface area contributed by atoms with E-state index < -0.39 is 21.9 Å². The Morgan fingerprint density at radius 3 is 2.39 bits per heavy atom. The summed E-state index contributed by atoms with van der Waals surface area (Å²) in [7, 11) is -2.68. The Balaban J connectivity index is 0.00000387. The van der Waals surface area contributed by atoms with E-state index in [1.54, 1.807) is 12.1 Å². The summed E-state index contributed by atoms with van der Waals surface area (Å²) in [6.07, 6.45) is 0.635. The zero-order chi connectivity index (χ0) is 28.3. The van der Waals surface area contributed by atoms with E-state index in [2.05, 4.69) is 27.1 Å². The van der Waals surface area contributed by atoms with Gasteiger partial charge in [0.1, 0.15) is 5.00 Å². The first-order valence-electron chi connectivity index (χ1n) is 12.4. The van der Waals surface area contributed by atoms with E-state index in [-0.39, 0.29) is 28.6 Å². The monoisotopic (exact) mass is 631 g/mol. The molecule has 0 atom stereocenters. The Morgan fingerprint density at radius 1 is 1.00 bits per heavy atom. The van der Waals surface area contributed by atoms with Gasteiger partial charge in [0.25, 0.3) is 15.9 Å². The molecule has 5 rings (SSSR count). The summed E-state index contributed by atoms with van der Waals surface area (Å²) in [6, 6.07) is 22.1. The molecule has 8 nitrogen and oxygen atoms in total. The predicted molar refractivity (Wildman–Crippen MR) is 164 cm³/mol. The molecule has 0 fully saturated rings. The molecule has 2 heterocycles. The molecule has 214 valence electrons. The Bertz CT molecular complexity index is 1660. The lowest BCUT2D eigenvalue weighted by Gasteiger charge is -2.27. The van der Waals surface area contributed by atoms with E-state index in [9.17, 15) is 18.0 Å². The van der Waals surface area contributed by atoms with Crippen LogP contribution in [-0.2, 0) is 34.3 Å². The lowest BCUT2D eigenvalue weighted by atomic mass is 10.0. The van der Waals surface area contributed by atoms with Crippen molar-refractivity contribution in [1.29, 1.82) is 0 Å². The SMILES string of the molecule is COC(=O)c1c(NC(=O)c2ccccc2NS(=O)(=O)c2ccc(Cl)cc2)sc2c1CCN(Cc1ccccc1)C2.Cl. The number of thiophene rings is 1. The topological polar surface area (TPSA) is 105 Å². The van der Waals surface area contributed by atoms with Crippen molar-refractivity contribution in [3.63, 3.8) is 0 Å². The first-order chi connectivity index (χ1) is 19.2. The number of carbonyl (C=O) groups is 2. The van der Waals surface area contributed by atoms with Gasteiger partial charge in [0.15, 0.2) is 0 Å². The molecule has 0 saturated heterocycles. The van der Waals surface area contributed by atoms with Gasteiger partial charge in [-0.1, -0.05) is 54.1 Å². The fraction of sp³-hybridized carbons (Fsp3) is 0.172. The van der Waals surface area contributed by atoms with Gasteiger partial charge in [-0.25, -0.2) is 13.2 Å². The summed E-state index contributed by atoms with van der Waals surface area (Å²) in [4.78, 5) is 29.6. The van der Waals surface area contributed by atoms with Gasteiger partial charge < -0.3 is 10.1 Å². The Kier molecular flexibility index (Phi) is 9.72. The number of hydrogen-bond acceptors (Lipinski definition) is 7. The number of ether oxygens (including phenoxy) is 1. The highest BCUT2D eigenvalue weighted by Crippen LogP contribution is 2.38. The average molecular weight is 633 g/mol. The second kappa shape index (κ2) is 13.1. The Hall–Kier alpha value is -3.41. The van der Waals surface area contributed by atoms with Gasteiger partial charge in [-0.3, -0.25) is 14.4 Å². The van der Waals surface area contributed by atoms with Crippen molar-refractivity contribution in [2.75, 3.05) is 23.7 Å². The molecule has 0 aliphatic carbocycles. The standard InChI is InChI=1S/C29H26ClN3O5S2.ClH/c1-38-29(35)26-23-15-16-33(17-19-7-3-2-4-8-19)18-25(23)39-28(26)31-27(34)22-9-5-6-10-24(22)32-40(36,37)21-13-11-20(30)12-14-21;/h2-14,32H,15-18H2,1H3,(H,31,34);1H. The van der Waals surface area contributed by atoms with Crippen LogP contribution in [0.15, 0.2) is 83.8 Å². The highest BCUT2D eigenvalue weighted by atomic mass is 35.5. The van der Waals surface area contributed by atoms with Crippen LogP contribution in [0, 0.1) is 0 Å². The van der Waals surface area contributed by atoms with Gasteiger partial charge in [0.2, 0.25) is 0 Å². The smallest absolute Gasteiger partial charge is 0.341 e. The van der Waals surface area contributed by atoms with Crippen LogP contribution in [0.4, 0.5) is 10.7 Å². The maximum Gasteiger partial charge on any atom is 0.341 e. The fourth-order valence-electron chi connectivity index (χ4n) is 4.60. The van der Waals surface area contributed by atoms with Gasteiger partial charge in [0, 0.05) is 29.5 Å². The maximum absolute atomic E-state index is 13.5. The number of anilines is 2. The number of rotatable bonds is 8. The zero-order valence-corrected chi connectivity index (χ0v) is 25.1. The lowest BCUT2D eigenvalue weighted by molar-refractivity contribution is 0.0600. The zero-order valence-electron chi connectivity index (χ0n) is 21.9. The predicted octanol–water partition coefficient (Wildman–Crippen LogP) is 6.22. The minimum Gasteiger partial charge on any atom is -0.465 e. The van der Waals surface area contributed by atoms with Crippen molar-refractivity contribution < 1.29 is 22.7 Å². The highest BCUT2D eigenvalue weighted by molar-refractivity contribution is 7.92. The number of para-hydroxylation sites is 1. The number of halogens is 2. The van der Waals surface area contributed by atoms with Crippen LogP contribution in [0.3, 0.4) is 0 Å². The summed E-state index contributed by atoms with van der Waals surface area (Å²) in [6.45, 7) is 2.16. The molecule has 2 N–H and O–H groups in total. The summed E-state index contributed by atoms with van der Waals surface area (Å²) in [5, 5.41) is 3.62. The Labute approximate surface area is 253 Å². The van der Waals surface area contributed by atoms with Crippen molar-refractivity contribution in [2.45, 2.75) is 24.4 Å². The molecule has 41 heavy (non-hydrogen) atoms. The normalized spacial score (nSPS) is 13.0. The summed E-state index contributed by atoms with van der Waals surface area (Å²) in [5.41, 5.74) is 2.61. The number of methoxy groups -OCH3 is 1. The Morgan fingerprint density at radius 2 is 1.68 bits per heavy atom. The maximum atomic E-state index is 13.5. The van der Waals surface area contributed by atoms with Crippen molar-refractivity contribution in [3.8, 4) is 0 Å².